The second kappa shape index (κ2) is 8.16. The lowest BCUT2D eigenvalue weighted by molar-refractivity contribution is 0.102. The van der Waals surface area contributed by atoms with Crippen LogP contribution in [0.15, 0.2) is 30.5 Å². The molecule has 3 rings (SSSR count). The first-order chi connectivity index (χ1) is 13.7. The summed E-state index contributed by atoms with van der Waals surface area (Å²) in [6, 6.07) is 5.42. The minimum atomic E-state index is -3.70. The molecule has 0 aliphatic heterocycles. The zero-order valence-electron chi connectivity index (χ0n) is 15.8. The zero-order chi connectivity index (χ0) is 21.2. The average Bonchev–Trinajstić information content (AvgIpc) is 3.49. The summed E-state index contributed by atoms with van der Waals surface area (Å²) in [5.74, 6) is -1.56. The van der Waals surface area contributed by atoms with Crippen LogP contribution in [0.2, 0.25) is 0 Å². The number of hydrogen-bond acceptors (Lipinski definition) is 6. The van der Waals surface area contributed by atoms with Gasteiger partial charge in [-0.1, -0.05) is 13.0 Å². The maximum absolute atomic E-state index is 14.7. The number of aromatic nitrogens is 1. The molecule has 1 saturated carbocycles. The van der Waals surface area contributed by atoms with E-state index in [0.717, 1.165) is 12.8 Å². The number of benzene rings is 1. The number of sulfonamides is 1. The number of carbonyl (C=O) groups is 1. The molecule has 1 heterocycles. The number of pyridine rings is 1. The molecule has 1 fully saturated rings. The van der Waals surface area contributed by atoms with Crippen molar-refractivity contribution in [2.75, 3.05) is 21.5 Å². The quantitative estimate of drug-likeness (QED) is 0.487. The van der Waals surface area contributed by atoms with Crippen molar-refractivity contribution in [3.8, 4) is 0 Å². The van der Waals surface area contributed by atoms with Gasteiger partial charge < -0.3 is 16.5 Å². The standard InChI is InChI=1S/C19H22FN5O3S/c1-2-8-29(27,28)25-15-5-3-4-13(16(15)20)19(26)24-12-9-14(18(22)23-10-12)17(21)11-6-7-11/h3-5,9-11,21,25H,2,6-8H2,1H3,(H2,22,23)(H,24,26). The minimum absolute atomic E-state index is 0.148. The molecule has 1 aliphatic rings. The number of hydrogen-bond donors (Lipinski definition) is 4. The summed E-state index contributed by atoms with van der Waals surface area (Å²) in [4.78, 5) is 16.6. The number of amides is 1. The van der Waals surface area contributed by atoms with Crippen LogP contribution in [0.3, 0.4) is 0 Å². The van der Waals surface area contributed by atoms with Crippen molar-refractivity contribution in [3.05, 3.63) is 47.4 Å². The first-order valence-corrected chi connectivity index (χ1v) is 10.8. The van der Waals surface area contributed by atoms with Crippen LogP contribution in [0, 0.1) is 17.1 Å². The molecular weight excluding hydrogens is 397 g/mol. The molecular formula is C19H22FN5O3S. The minimum Gasteiger partial charge on any atom is -0.383 e. The Balaban J connectivity index is 1.82. The number of nitrogens with two attached hydrogens (primary N) is 1. The van der Waals surface area contributed by atoms with Gasteiger partial charge in [-0.2, -0.15) is 0 Å². The van der Waals surface area contributed by atoms with Gasteiger partial charge in [0, 0.05) is 17.2 Å². The van der Waals surface area contributed by atoms with Gasteiger partial charge in [0.25, 0.3) is 5.91 Å². The van der Waals surface area contributed by atoms with E-state index in [4.69, 9.17) is 11.1 Å². The second-order valence-corrected chi connectivity index (χ2v) is 8.73. The van der Waals surface area contributed by atoms with Crippen molar-refractivity contribution in [2.24, 2.45) is 5.92 Å². The number of nitrogen functional groups attached to an aromatic ring is 1. The number of anilines is 3. The monoisotopic (exact) mass is 419 g/mol. The van der Waals surface area contributed by atoms with E-state index >= 15 is 0 Å². The highest BCUT2D eigenvalue weighted by Gasteiger charge is 2.29. The lowest BCUT2D eigenvalue weighted by atomic mass is 10.1. The Kier molecular flexibility index (Phi) is 5.83. The van der Waals surface area contributed by atoms with Crippen LogP contribution in [0.25, 0.3) is 0 Å². The van der Waals surface area contributed by atoms with E-state index in [-0.39, 0.29) is 34.4 Å². The summed E-state index contributed by atoms with van der Waals surface area (Å²) in [6.45, 7) is 1.69. The first kappa shape index (κ1) is 20.7. The summed E-state index contributed by atoms with van der Waals surface area (Å²) < 4.78 is 40.7. The van der Waals surface area contributed by atoms with E-state index in [1.807, 2.05) is 0 Å². The van der Waals surface area contributed by atoms with Gasteiger partial charge in [-0.25, -0.2) is 17.8 Å². The molecule has 0 bridgehead atoms. The summed E-state index contributed by atoms with van der Waals surface area (Å²) in [5.41, 5.74) is 6.29. The Bertz CT molecular complexity index is 1070. The Morgan fingerprint density at radius 2 is 2.07 bits per heavy atom. The van der Waals surface area contributed by atoms with Crippen LogP contribution >= 0.6 is 0 Å². The Morgan fingerprint density at radius 1 is 1.34 bits per heavy atom. The third-order valence-electron chi connectivity index (χ3n) is 4.43. The van der Waals surface area contributed by atoms with Crippen LogP contribution in [-0.2, 0) is 10.0 Å². The smallest absolute Gasteiger partial charge is 0.258 e. The lowest BCUT2D eigenvalue weighted by Gasteiger charge is -2.12. The van der Waals surface area contributed by atoms with E-state index in [2.05, 4.69) is 15.0 Å². The lowest BCUT2D eigenvalue weighted by Crippen LogP contribution is -2.19. The fraction of sp³-hybridized carbons (Fsp3) is 0.316. The molecule has 10 heteroatoms. The molecule has 5 N–H and O–H groups in total. The molecule has 1 aromatic heterocycles. The molecule has 0 unspecified atom stereocenters. The third kappa shape index (κ3) is 4.89. The zero-order valence-corrected chi connectivity index (χ0v) is 16.6. The van der Waals surface area contributed by atoms with E-state index in [0.29, 0.717) is 17.7 Å². The maximum atomic E-state index is 14.7. The largest absolute Gasteiger partial charge is 0.383 e. The van der Waals surface area contributed by atoms with Gasteiger partial charge in [-0.05, 0) is 37.5 Å². The van der Waals surface area contributed by atoms with Gasteiger partial charge in [0.15, 0.2) is 5.82 Å². The van der Waals surface area contributed by atoms with Gasteiger partial charge in [-0.15, -0.1) is 0 Å². The van der Waals surface area contributed by atoms with Crippen molar-refractivity contribution in [2.45, 2.75) is 26.2 Å². The van der Waals surface area contributed by atoms with Crippen LogP contribution in [-0.4, -0.2) is 30.8 Å². The maximum Gasteiger partial charge on any atom is 0.258 e. The molecule has 1 aliphatic carbocycles. The molecule has 8 nitrogen and oxygen atoms in total. The van der Waals surface area contributed by atoms with E-state index in [1.54, 1.807) is 6.92 Å². The summed E-state index contributed by atoms with van der Waals surface area (Å²) in [5, 5.41) is 10.7. The predicted octanol–water partition coefficient (Wildman–Crippen LogP) is 2.98. The molecule has 0 atom stereocenters. The van der Waals surface area contributed by atoms with E-state index in [1.165, 1.54) is 30.5 Å². The number of halogens is 1. The Hall–Kier alpha value is -3.01. The van der Waals surface area contributed by atoms with Gasteiger partial charge in [0.05, 0.1) is 28.9 Å². The fourth-order valence-corrected chi connectivity index (χ4v) is 3.96. The number of carbonyl (C=O) groups excluding carboxylic acids is 1. The van der Waals surface area contributed by atoms with Crippen molar-refractivity contribution in [3.63, 3.8) is 0 Å². The van der Waals surface area contributed by atoms with Crippen molar-refractivity contribution < 1.29 is 17.6 Å². The summed E-state index contributed by atoms with van der Waals surface area (Å²) >= 11 is 0. The van der Waals surface area contributed by atoms with E-state index < -0.39 is 21.7 Å². The van der Waals surface area contributed by atoms with Crippen LogP contribution in [0.1, 0.15) is 42.1 Å². The van der Waals surface area contributed by atoms with Crippen LogP contribution in [0.4, 0.5) is 21.6 Å². The molecule has 2 aromatic rings. The Labute approximate surface area is 168 Å². The topological polar surface area (TPSA) is 138 Å². The SMILES string of the molecule is CCCS(=O)(=O)Nc1cccc(C(=O)Nc2cnc(N)c(C(=N)C3CC3)c2)c1F. The third-order valence-corrected chi connectivity index (χ3v) is 5.91. The first-order valence-electron chi connectivity index (χ1n) is 9.16. The molecule has 0 saturated heterocycles. The summed E-state index contributed by atoms with van der Waals surface area (Å²) in [6.07, 6.45) is 3.53. The number of nitrogens with one attached hydrogen (secondary N) is 3. The number of nitrogens with zero attached hydrogens (tertiary/aromatic N) is 1. The van der Waals surface area contributed by atoms with Gasteiger partial charge >= 0.3 is 0 Å². The normalized spacial score (nSPS) is 13.7. The highest BCUT2D eigenvalue weighted by molar-refractivity contribution is 7.92. The van der Waals surface area contributed by atoms with Gasteiger partial charge in [0.2, 0.25) is 10.0 Å². The molecule has 154 valence electrons. The highest BCUT2D eigenvalue weighted by Crippen LogP contribution is 2.34. The fourth-order valence-electron chi connectivity index (χ4n) is 2.82. The number of rotatable bonds is 8. The molecule has 29 heavy (non-hydrogen) atoms. The second-order valence-electron chi connectivity index (χ2n) is 6.89. The van der Waals surface area contributed by atoms with Crippen molar-refractivity contribution >= 4 is 38.8 Å². The van der Waals surface area contributed by atoms with E-state index in [9.17, 15) is 17.6 Å². The van der Waals surface area contributed by atoms with Crippen LogP contribution in [0.5, 0.6) is 0 Å². The predicted molar refractivity (Wildman–Crippen MR) is 110 cm³/mol. The Morgan fingerprint density at radius 3 is 2.72 bits per heavy atom. The summed E-state index contributed by atoms with van der Waals surface area (Å²) in [7, 11) is -3.70. The van der Waals surface area contributed by atoms with Crippen molar-refractivity contribution in [1.29, 1.82) is 5.41 Å². The van der Waals surface area contributed by atoms with Gasteiger partial charge in [0.1, 0.15) is 5.82 Å². The molecule has 1 amide bonds. The average molecular weight is 419 g/mol. The molecule has 1 aromatic carbocycles. The van der Waals surface area contributed by atoms with Crippen molar-refractivity contribution in [1.82, 2.24) is 4.98 Å². The van der Waals surface area contributed by atoms with Crippen LogP contribution < -0.4 is 15.8 Å². The molecule has 0 radical (unpaired) electrons. The molecule has 0 spiro atoms. The highest BCUT2D eigenvalue weighted by atomic mass is 32.2. The van der Waals surface area contributed by atoms with Gasteiger partial charge in [-0.3, -0.25) is 9.52 Å².